The largest absolute Gasteiger partial charge is 0.350 e. The number of H-pyrrole nitrogens is 1. The molecule has 3 rings (SSSR count). The molecular formula is C16H16ClN5O3S. The fourth-order valence-corrected chi connectivity index (χ4v) is 2.90. The second-order valence-electron chi connectivity index (χ2n) is 5.67. The van der Waals surface area contributed by atoms with Gasteiger partial charge in [-0.15, -0.1) is 0 Å². The number of benzene rings is 1. The highest BCUT2D eigenvalue weighted by molar-refractivity contribution is 7.88. The molecule has 0 aliphatic rings. The maximum absolute atomic E-state index is 12.2. The third kappa shape index (κ3) is 4.78. The molecule has 26 heavy (non-hydrogen) atoms. The molecule has 136 valence electrons. The van der Waals surface area contributed by atoms with Crippen molar-refractivity contribution in [3.8, 4) is 0 Å². The smallest absolute Gasteiger partial charge is 0.253 e. The first kappa shape index (κ1) is 18.3. The van der Waals surface area contributed by atoms with Gasteiger partial charge in [0.15, 0.2) is 0 Å². The molecule has 0 spiro atoms. The average Bonchev–Trinajstić information content (AvgIpc) is 2.58. The van der Waals surface area contributed by atoms with Crippen molar-refractivity contribution in [2.45, 2.75) is 13.1 Å². The number of halogens is 1. The molecule has 0 unspecified atom stereocenters. The molecule has 0 saturated heterocycles. The standard InChI is InChI=1S/C16H16ClN5O3S/c1-26(24,25)20-9-13-4-5-18-16(21-13)19-8-11-6-10-7-12(17)2-3-14(10)22-15(11)23/h2-7,20H,8-9H2,1H3,(H,22,23)(H,18,19,21). The summed E-state index contributed by atoms with van der Waals surface area (Å²) in [5.74, 6) is 0.295. The molecule has 3 aromatic rings. The summed E-state index contributed by atoms with van der Waals surface area (Å²) in [5.41, 5.74) is 1.49. The van der Waals surface area contributed by atoms with Crippen molar-refractivity contribution in [2.75, 3.05) is 11.6 Å². The van der Waals surface area contributed by atoms with Gasteiger partial charge in [-0.1, -0.05) is 11.6 Å². The van der Waals surface area contributed by atoms with Gasteiger partial charge in [-0.3, -0.25) is 4.79 Å². The van der Waals surface area contributed by atoms with Crippen LogP contribution in [0.3, 0.4) is 0 Å². The van der Waals surface area contributed by atoms with Crippen LogP contribution in [0.1, 0.15) is 11.3 Å². The van der Waals surface area contributed by atoms with Gasteiger partial charge in [0.2, 0.25) is 16.0 Å². The molecular weight excluding hydrogens is 378 g/mol. The van der Waals surface area contributed by atoms with E-state index in [1.807, 2.05) is 0 Å². The molecule has 1 aromatic carbocycles. The Morgan fingerprint density at radius 3 is 2.77 bits per heavy atom. The van der Waals surface area contributed by atoms with E-state index in [-0.39, 0.29) is 18.6 Å². The number of rotatable bonds is 6. The van der Waals surface area contributed by atoms with Crippen LogP contribution < -0.4 is 15.6 Å². The van der Waals surface area contributed by atoms with E-state index in [0.717, 1.165) is 11.6 Å². The van der Waals surface area contributed by atoms with Crippen molar-refractivity contribution in [3.63, 3.8) is 0 Å². The number of aromatic nitrogens is 3. The molecule has 0 aliphatic heterocycles. The summed E-state index contributed by atoms with van der Waals surface area (Å²) in [6.45, 7) is 0.270. The van der Waals surface area contributed by atoms with Crippen molar-refractivity contribution in [3.05, 3.63) is 63.2 Å². The molecule has 0 saturated carbocycles. The average molecular weight is 394 g/mol. The molecule has 0 amide bonds. The van der Waals surface area contributed by atoms with E-state index in [9.17, 15) is 13.2 Å². The van der Waals surface area contributed by atoms with Crippen LogP contribution >= 0.6 is 11.6 Å². The van der Waals surface area contributed by atoms with Crippen LogP contribution in [0.25, 0.3) is 10.9 Å². The normalized spacial score (nSPS) is 11.6. The third-order valence-electron chi connectivity index (χ3n) is 3.55. The quantitative estimate of drug-likeness (QED) is 0.586. The number of pyridine rings is 1. The van der Waals surface area contributed by atoms with Crippen molar-refractivity contribution in [1.29, 1.82) is 0 Å². The Kier molecular flexibility index (Phi) is 5.21. The summed E-state index contributed by atoms with van der Waals surface area (Å²) in [4.78, 5) is 23.3. The minimum atomic E-state index is -3.31. The molecule has 3 N–H and O–H groups in total. The van der Waals surface area contributed by atoms with Crippen molar-refractivity contribution >= 4 is 38.5 Å². The van der Waals surface area contributed by atoms with E-state index in [1.54, 1.807) is 30.3 Å². The van der Waals surface area contributed by atoms with Crippen LogP contribution in [0.15, 0.2) is 41.3 Å². The van der Waals surface area contributed by atoms with E-state index in [1.165, 1.54) is 6.20 Å². The van der Waals surface area contributed by atoms with Crippen molar-refractivity contribution in [1.82, 2.24) is 19.7 Å². The third-order valence-corrected chi connectivity index (χ3v) is 4.45. The molecule has 8 nitrogen and oxygen atoms in total. The van der Waals surface area contributed by atoms with Crippen LogP contribution in [0.2, 0.25) is 5.02 Å². The number of hydrogen-bond donors (Lipinski definition) is 3. The molecule has 0 aliphatic carbocycles. The van der Waals surface area contributed by atoms with E-state index in [2.05, 4.69) is 25.0 Å². The Labute approximate surface area is 154 Å². The van der Waals surface area contributed by atoms with E-state index in [4.69, 9.17) is 11.6 Å². The molecule has 0 bridgehead atoms. The Hall–Kier alpha value is -2.49. The maximum atomic E-state index is 12.2. The van der Waals surface area contributed by atoms with Gasteiger partial charge in [0.05, 0.1) is 18.5 Å². The number of fused-ring (bicyclic) bond motifs is 1. The van der Waals surface area contributed by atoms with Crippen LogP contribution in [-0.2, 0) is 23.1 Å². The monoisotopic (exact) mass is 393 g/mol. The number of anilines is 1. The molecule has 0 fully saturated rings. The zero-order valence-electron chi connectivity index (χ0n) is 13.8. The molecule has 0 atom stereocenters. The fraction of sp³-hybridized carbons (Fsp3) is 0.188. The predicted molar refractivity (Wildman–Crippen MR) is 101 cm³/mol. The van der Waals surface area contributed by atoms with Crippen LogP contribution in [0.4, 0.5) is 5.95 Å². The van der Waals surface area contributed by atoms with Gasteiger partial charge in [-0.25, -0.2) is 23.1 Å². The lowest BCUT2D eigenvalue weighted by Crippen LogP contribution is -2.22. The summed E-state index contributed by atoms with van der Waals surface area (Å²) in [6.07, 6.45) is 2.59. The first-order chi connectivity index (χ1) is 12.3. The molecule has 2 heterocycles. The highest BCUT2D eigenvalue weighted by Gasteiger charge is 2.06. The lowest BCUT2D eigenvalue weighted by molar-refractivity contribution is 0.586. The lowest BCUT2D eigenvalue weighted by atomic mass is 10.1. The summed E-state index contributed by atoms with van der Waals surface area (Å²) < 4.78 is 24.7. The molecule has 10 heteroatoms. The van der Waals surface area contributed by atoms with Gasteiger partial charge in [0.25, 0.3) is 5.56 Å². The lowest BCUT2D eigenvalue weighted by Gasteiger charge is -2.08. The van der Waals surface area contributed by atoms with Crippen LogP contribution in [-0.4, -0.2) is 29.6 Å². The van der Waals surface area contributed by atoms with Gasteiger partial charge >= 0.3 is 0 Å². The Balaban J connectivity index is 1.75. The zero-order valence-corrected chi connectivity index (χ0v) is 15.4. The van der Waals surface area contributed by atoms with Gasteiger partial charge in [0, 0.05) is 34.2 Å². The zero-order chi connectivity index (χ0) is 18.7. The summed E-state index contributed by atoms with van der Waals surface area (Å²) in [7, 11) is -3.31. The summed E-state index contributed by atoms with van der Waals surface area (Å²) >= 11 is 5.99. The Bertz CT molecular complexity index is 1110. The van der Waals surface area contributed by atoms with E-state index >= 15 is 0 Å². The highest BCUT2D eigenvalue weighted by atomic mass is 35.5. The van der Waals surface area contributed by atoms with Gasteiger partial charge in [-0.2, -0.15) is 0 Å². The van der Waals surface area contributed by atoms with E-state index in [0.29, 0.717) is 27.7 Å². The van der Waals surface area contributed by atoms with E-state index < -0.39 is 10.0 Å². The van der Waals surface area contributed by atoms with Gasteiger partial charge in [-0.05, 0) is 30.3 Å². The fourth-order valence-electron chi connectivity index (χ4n) is 2.31. The Morgan fingerprint density at radius 2 is 2.00 bits per heavy atom. The number of sulfonamides is 1. The maximum Gasteiger partial charge on any atom is 0.253 e. The second kappa shape index (κ2) is 7.40. The van der Waals surface area contributed by atoms with Crippen LogP contribution in [0.5, 0.6) is 0 Å². The summed E-state index contributed by atoms with van der Waals surface area (Å²) in [5, 5.41) is 4.37. The molecule has 2 aromatic heterocycles. The SMILES string of the molecule is CS(=O)(=O)NCc1ccnc(NCc2cc3cc(Cl)ccc3[nH]c2=O)n1. The Morgan fingerprint density at radius 1 is 1.19 bits per heavy atom. The second-order valence-corrected chi connectivity index (χ2v) is 7.94. The predicted octanol–water partition coefficient (Wildman–Crippen LogP) is 1.63. The minimum absolute atomic E-state index is 0.0606. The number of nitrogens with zero attached hydrogens (tertiary/aromatic N) is 2. The number of nitrogens with one attached hydrogen (secondary N) is 3. The van der Waals surface area contributed by atoms with Gasteiger partial charge < -0.3 is 10.3 Å². The van der Waals surface area contributed by atoms with Crippen molar-refractivity contribution in [2.24, 2.45) is 0 Å². The van der Waals surface area contributed by atoms with Crippen LogP contribution in [0, 0.1) is 0 Å². The minimum Gasteiger partial charge on any atom is -0.350 e. The topological polar surface area (TPSA) is 117 Å². The molecule has 0 radical (unpaired) electrons. The summed E-state index contributed by atoms with van der Waals surface area (Å²) in [6, 6.07) is 8.58. The first-order valence-corrected chi connectivity index (χ1v) is 9.89. The van der Waals surface area contributed by atoms with Gasteiger partial charge in [0.1, 0.15) is 0 Å². The number of hydrogen-bond acceptors (Lipinski definition) is 6. The first-order valence-electron chi connectivity index (χ1n) is 7.62. The number of aromatic amines is 1. The highest BCUT2D eigenvalue weighted by Crippen LogP contribution is 2.17. The van der Waals surface area contributed by atoms with Crippen molar-refractivity contribution < 1.29 is 8.42 Å².